The highest BCUT2D eigenvalue weighted by atomic mass is 35.5. The van der Waals surface area contributed by atoms with Gasteiger partial charge in [0.2, 0.25) is 0 Å². The van der Waals surface area contributed by atoms with E-state index in [0.29, 0.717) is 38.9 Å². The fourth-order valence-electron chi connectivity index (χ4n) is 3.23. The number of hydrogen-bond acceptors (Lipinski definition) is 8. The lowest BCUT2D eigenvalue weighted by Gasteiger charge is -2.12. The SMILES string of the molecule is NC(C(=O)CCC(=O)O)c1ccc(Nc2[nH]nc3ncnc(Nc4cccc(Cl)c4)c23)cc1. The van der Waals surface area contributed by atoms with E-state index in [0.717, 1.165) is 5.69 Å². The first-order valence-electron chi connectivity index (χ1n) is 9.99. The number of Topliss-reactive ketones (excluding diaryl/α,β-unsaturated/α-hetero) is 1. The summed E-state index contributed by atoms with van der Waals surface area (Å²) in [6.45, 7) is 0. The van der Waals surface area contributed by atoms with Crippen LogP contribution < -0.4 is 16.4 Å². The van der Waals surface area contributed by atoms with Crippen LogP contribution in [0.2, 0.25) is 5.02 Å². The molecular weight excluding hydrogens is 446 g/mol. The number of ketones is 1. The summed E-state index contributed by atoms with van der Waals surface area (Å²) in [5.41, 5.74) is 8.52. The number of fused-ring (bicyclic) bond motifs is 1. The number of nitrogens with zero attached hydrogens (tertiary/aromatic N) is 3. The van der Waals surface area contributed by atoms with Crippen LogP contribution in [-0.2, 0) is 9.59 Å². The highest BCUT2D eigenvalue weighted by molar-refractivity contribution is 6.30. The molecule has 1 unspecified atom stereocenters. The molecule has 4 aromatic rings. The van der Waals surface area contributed by atoms with Gasteiger partial charge in [-0.1, -0.05) is 29.8 Å². The molecule has 0 saturated carbocycles. The number of hydrogen-bond donors (Lipinski definition) is 5. The van der Waals surface area contributed by atoms with Crippen molar-refractivity contribution in [3.63, 3.8) is 0 Å². The number of halogens is 1. The number of nitrogens with two attached hydrogens (primary N) is 1. The van der Waals surface area contributed by atoms with Gasteiger partial charge < -0.3 is 21.5 Å². The Bertz CT molecular complexity index is 1310. The minimum absolute atomic E-state index is 0.112. The number of carboxylic acid groups (broad SMARTS) is 1. The Morgan fingerprint density at radius 2 is 1.85 bits per heavy atom. The zero-order valence-electron chi connectivity index (χ0n) is 17.2. The van der Waals surface area contributed by atoms with Gasteiger partial charge in [0.25, 0.3) is 0 Å². The maximum Gasteiger partial charge on any atom is 0.303 e. The molecule has 0 spiro atoms. The molecule has 33 heavy (non-hydrogen) atoms. The molecule has 0 aliphatic rings. The monoisotopic (exact) mass is 465 g/mol. The van der Waals surface area contributed by atoms with Crippen molar-refractivity contribution in [1.82, 2.24) is 20.2 Å². The van der Waals surface area contributed by atoms with Gasteiger partial charge in [-0.15, -0.1) is 0 Å². The molecule has 0 aliphatic carbocycles. The van der Waals surface area contributed by atoms with E-state index in [-0.39, 0.29) is 18.6 Å². The molecule has 0 amide bonds. The summed E-state index contributed by atoms with van der Waals surface area (Å²) in [4.78, 5) is 31.3. The lowest BCUT2D eigenvalue weighted by molar-refractivity contribution is -0.138. The molecule has 0 radical (unpaired) electrons. The molecule has 1 atom stereocenters. The minimum Gasteiger partial charge on any atom is -0.481 e. The number of aromatic nitrogens is 4. The van der Waals surface area contributed by atoms with Crippen molar-refractivity contribution in [1.29, 1.82) is 0 Å². The molecule has 0 aliphatic heterocycles. The van der Waals surface area contributed by atoms with Crippen LogP contribution in [0.1, 0.15) is 24.4 Å². The van der Waals surface area contributed by atoms with Crippen LogP contribution in [0.15, 0.2) is 54.9 Å². The van der Waals surface area contributed by atoms with Crippen LogP contribution in [-0.4, -0.2) is 37.0 Å². The van der Waals surface area contributed by atoms with Gasteiger partial charge in [-0.05, 0) is 35.9 Å². The molecule has 6 N–H and O–H groups in total. The number of carbonyl (C=O) groups excluding carboxylic acids is 1. The van der Waals surface area contributed by atoms with Gasteiger partial charge in [0.15, 0.2) is 11.4 Å². The van der Waals surface area contributed by atoms with Gasteiger partial charge in [-0.3, -0.25) is 14.7 Å². The van der Waals surface area contributed by atoms with Crippen molar-refractivity contribution in [2.24, 2.45) is 5.73 Å². The highest BCUT2D eigenvalue weighted by Gasteiger charge is 2.17. The van der Waals surface area contributed by atoms with Gasteiger partial charge in [-0.2, -0.15) is 5.10 Å². The first kappa shape index (κ1) is 22.2. The summed E-state index contributed by atoms with van der Waals surface area (Å²) in [6.07, 6.45) is 1.06. The number of benzene rings is 2. The first-order chi connectivity index (χ1) is 15.9. The maximum atomic E-state index is 12.1. The second-order valence-electron chi connectivity index (χ2n) is 7.24. The Morgan fingerprint density at radius 1 is 1.06 bits per heavy atom. The lowest BCUT2D eigenvalue weighted by atomic mass is 10.0. The van der Waals surface area contributed by atoms with Crippen LogP contribution >= 0.6 is 11.6 Å². The number of carboxylic acids is 1. The van der Waals surface area contributed by atoms with Gasteiger partial charge in [0.05, 0.1) is 12.5 Å². The summed E-state index contributed by atoms with van der Waals surface area (Å²) in [5, 5.41) is 23.6. The van der Waals surface area contributed by atoms with E-state index in [2.05, 4.69) is 30.8 Å². The summed E-state index contributed by atoms with van der Waals surface area (Å²) in [7, 11) is 0. The van der Waals surface area contributed by atoms with E-state index < -0.39 is 12.0 Å². The van der Waals surface area contributed by atoms with Crippen molar-refractivity contribution in [2.75, 3.05) is 10.6 Å². The average Bonchev–Trinajstić information content (AvgIpc) is 3.21. The Hall–Kier alpha value is -4.02. The van der Waals surface area contributed by atoms with E-state index >= 15 is 0 Å². The third-order valence-corrected chi connectivity index (χ3v) is 5.14. The standard InChI is InChI=1S/C22H20ClN7O3/c23-13-2-1-3-15(10-13)28-20-18-21(26-11-25-20)29-30-22(18)27-14-6-4-12(5-7-14)19(24)16(31)8-9-17(32)33/h1-7,10-11,19H,8-9,24H2,(H,32,33)(H3,25,26,27,28,29,30). The third-order valence-electron chi connectivity index (χ3n) is 4.91. The van der Waals surface area contributed by atoms with Crippen molar-refractivity contribution in [3.8, 4) is 0 Å². The van der Waals surface area contributed by atoms with Crippen LogP contribution in [0, 0.1) is 0 Å². The first-order valence-corrected chi connectivity index (χ1v) is 10.4. The minimum atomic E-state index is -1.03. The van der Waals surface area contributed by atoms with Gasteiger partial charge >= 0.3 is 5.97 Å². The average molecular weight is 466 g/mol. The van der Waals surface area contributed by atoms with E-state index in [4.69, 9.17) is 22.4 Å². The van der Waals surface area contributed by atoms with Crippen molar-refractivity contribution >= 4 is 57.4 Å². The predicted octanol–water partition coefficient (Wildman–Crippen LogP) is 3.93. The Labute approximate surface area is 193 Å². The fraction of sp³-hybridized carbons (Fsp3) is 0.136. The van der Waals surface area contributed by atoms with E-state index in [9.17, 15) is 9.59 Å². The third kappa shape index (κ3) is 5.25. The van der Waals surface area contributed by atoms with E-state index in [1.807, 2.05) is 12.1 Å². The van der Waals surface area contributed by atoms with Crippen LogP contribution in [0.3, 0.4) is 0 Å². The molecule has 0 fully saturated rings. The topological polar surface area (TPSA) is 159 Å². The second-order valence-corrected chi connectivity index (χ2v) is 7.68. The molecule has 0 saturated heterocycles. The van der Waals surface area contributed by atoms with Crippen molar-refractivity contribution in [2.45, 2.75) is 18.9 Å². The quantitative estimate of drug-likeness (QED) is 0.247. The molecule has 10 nitrogen and oxygen atoms in total. The van der Waals surface area contributed by atoms with Crippen molar-refractivity contribution in [3.05, 3.63) is 65.4 Å². The zero-order chi connectivity index (χ0) is 23.4. The summed E-state index contributed by atoms with van der Waals surface area (Å²) >= 11 is 6.07. The van der Waals surface area contributed by atoms with Crippen LogP contribution in [0.25, 0.3) is 11.0 Å². The molecule has 2 aromatic carbocycles. The van der Waals surface area contributed by atoms with Crippen LogP contribution in [0.4, 0.5) is 23.0 Å². The Kier molecular flexibility index (Phi) is 6.48. The molecule has 0 bridgehead atoms. The van der Waals surface area contributed by atoms with E-state index in [1.165, 1.54) is 6.33 Å². The summed E-state index contributed by atoms with van der Waals surface area (Å²) < 4.78 is 0. The Morgan fingerprint density at radius 3 is 2.58 bits per heavy atom. The summed E-state index contributed by atoms with van der Waals surface area (Å²) in [6, 6.07) is 13.3. The zero-order valence-corrected chi connectivity index (χ0v) is 18.0. The largest absolute Gasteiger partial charge is 0.481 e. The van der Waals surface area contributed by atoms with Crippen LogP contribution in [0.5, 0.6) is 0 Å². The van der Waals surface area contributed by atoms with E-state index in [1.54, 1.807) is 36.4 Å². The molecule has 2 aromatic heterocycles. The molecule has 2 heterocycles. The second kappa shape index (κ2) is 9.63. The smallest absolute Gasteiger partial charge is 0.303 e. The van der Waals surface area contributed by atoms with Gasteiger partial charge in [0.1, 0.15) is 23.3 Å². The Balaban J connectivity index is 1.53. The normalized spacial score (nSPS) is 11.8. The molecule has 11 heteroatoms. The number of carbonyl (C=O) groups is 2. The summed E-state index contributed by atoms with van der Waals surface area (Å²) in [5.74, 6) is -0.243. The molecule has 168 valence electrons. The number of aliphatic carboxylic acids is 1. The molecule has 4 rings (SSSR count). The van der Waals surface area contributed by atoms with Gasteiger partial charge in [0, 0.05) is 22.8 Å². The number of anilines is 4. The maximum absolute atomic E-state index is 12.1. The number of H-pyrrole nitrogens is 1. The fourth-order valence-corrected chi connectivity index (χ4v) is 3.42. The van der Waals surface area contributed by atoms with Crippen molar-refractivity contribution < 1.29 is 14.7 Å². The number of rotatable bonds is 9. The molecular formula is C22H20ClN7O3. The van der Waals surface area contributed by atoms with Gasteiger partial charge in [-0.25, -0.2) is 9.97 Å². The number of aromatic amines is 1. The predicted molar refractivity (Wildman–Crippen MR) is 125 cm³/mol. The number of nitrogens with one attached hydrogen (secondary N) is 3. The lowest BCUT2D eigenvalue weighted by Crippen LogP contribution is -2.22. The highest BCUT2D eigenvalue weighted by Crippen LogP contribution is 2.30.